The minimum atomic E-state index is -0.152. The van der Waals surface area contributed by atoms with Gasteiger partial charge in [0.25, 0.3) is 0 Å². The number of carbonyl (C=O) groups is 1. The largest absolute Gasteiger partial charge is 0.340 e. The van der Waals surface area contributed by atoms with Crippen molar-refractivity contribution in [2.45, 2.75) is 20.3 Å². The Kier molecular flexibility index (Phi) is 5.56. The Balaban J connectivity index is 3.58. The van der Waals surface area contributed by atoms with Crippen LogP contribution in [-0.2, 0) is 0 Å². The first-order valence-corrected chi connectivity index (χ1v) is 3.97. The standard InChI is InChI=1S/C7H17N3O/c1-4-6-10(5-2)9-7(11)8-3/h4-6H2,1-3H3,(H2,8,9,11). The van der Waals surface area contributed by atoms with Crippen molar-refractivity contribution in [3.05, 3.63) is 0 Å². The van der Waals surface area contributed by atoms with Crippen LogP contribution in [-0.4, -0.2) is 31.2 Å². The van der Waals surface area contributed by atoms with Gasteiger partial charge in [0.15, 0.2) is 0 Å². The van der Waals surface area contributed by atoms with Crippen molar-refractivity contribution in [3.8, 4) is 0 Å². The maximum Gasteiger partial charge on any atom is 0.329 e. The molecule has 0 atom stereocenters. The van der Waals surface area contributed by atoms with Crippen molar-refractivity contribution in [2.24, 2.45) is 0 Å². The fraction of sp³-hybridized carbons (Fsp3) is 0.857. The van der Waals surface area contributed by atoms with Crippen molar-refractivity contribution < 1.29 is 4.79 Å². The number of amides is 2. The predicted molar refractivity (Wildman–Crippen MR) is 45.1 cm³/mol. The average Bonchev–Trinajstić information content (AvgIpc) is 2.03. The van der Waals surface area contributed by atoms with Crippen LogP contribution in [0, 0.1) is 0 Å². The minimum absolute atomic E-state index is 0.152. The molecule has 0 heterocycles. The lowest BCUT2D eigenvalue weighted by Gasteiger charge is -2.19. The molecule has 0 bridgehead atoms. The number of carbonyl (C=O) groups excluding carboxylic acids is 1. The predicted octanol–water partition coefficient (Wildman–Crippen LogP) is 0.562. The molecule has 0 rings (SSSR count). The molecule has 0 aromatic heterocycles. The highest BCUT2D eigenvalue weighted by Crippen LogP contribution is 1.84. The summed E-state index contributed by atoms with van der Waals surface area (Å²) < 4.78 is 0. The quantitative estimate of drug-likeness (QED) is 0.589. The average molecular weight is 159 g/mol. The van der Waals surface area contributed by atoms with Crippen molar-refractivity contribution in [2.75, 3.05) is 20.1 Å². The zero-order valence-electron chi connectivity index (χ0n) is 7.48. The van der Waals surface area contributed by atoms with Crippen LogP contribution in [0.3, 0.4) is 0 Å². The van der Waals surface area contributed by atoms with Crippen LogP contribution >= 0.6 is 0 Å². The van der Waals surface area contributed by atoms with E-state index >= 15 is 0 Å². The molecule has 0 radical (unpaired) electrons. The highest BCUT2D eigenvalue weighted by molar-refractivity contribution is 5.72. The van der Waals surface area contributed by atoms with Gasteiger partial charge < -0.3 is 5.32 Å². The van der Waals surface area contributed by atoms with Crippen molar-refractivity contribution in [1.29, 1.82) is 0 Å². The smallest absolute Gasteiger partial charge is 0.329 e. The summed E-state index contributed by atoms with van der Waals surface area (Å²) in [6.07, 6.45) is 1.04. The highest BCUT2D eigenvalue weighted by Gasteiger charge is 2.02. The van der Waals surface area contributed by atoms with Gasteiger partial charge in [0.2, 0.25) is 0 Å². The van der Waals surface area contributed by atoms with Crippen LogP contribution in [0.15, 0.2) is 0 Å². The molecule has 0 spiro atoms. The van der Waals surface area contributed by atoms with E-state index in [1.54, 1.807) is 7.05 Å². The topological polar surface area (TPSA) is 44.4 Å². The summed E-state index contributed by atoms with van der Waals surface area (Å²) in [5.74, 6) is 0. The Morgan fingerprint density at radius 1 is 1.45 bits per heavy atom. The second-order valence-electron chi connectivity index (χ2n) is 2.27. The van der Waals surface area contributed by atoms with Gasteiger partial charge in [-0.3, -0.25) is 5.43 Å². The molecule has 2 amide bonds. The Bertz CT molecular complexity index is 116. The molecule has 0 fully saturated rings. The Morgan fingerprint density at radius 2 is 2.09 bits per heavy atom. The number of urea groups is 1. The molecule has 0 unspecified atom stereocenters. The molecule has 0 aliphatic heterocycles. The fourth-order valence-corrected chi connectivity index (χ4v) is 0.762. The fourth-order valence-electron chi connectivity index (χ4n) is 0.762. The molecule has 4 nitrogen and oxygen atoms in total. The zero-order valence-corrected chi connectivity index (χ0v) is 7.48. The number of hydrogen-bond donors (Lipinski definition) is 2. The third-order valence-electron chi connectivity index (χ3n) is 1.36. The molecule has 2 N–H and O–H groups in total. The lowest BCUT2D eigenvalue weighted by molar-refractivity contribution is 0.183. The van der Waals surface area contributed by atoms with E-state index in [9.17, 15) is 4.79 Å². The summed E-state index contributed by atoms with van der Waals surface area (Å²) in [6, 6.07) is -0.152. The number of rotatable bonds is 4. The molecule has 0 aliphatic carbocycles. The van der Waals surface area contributed by atoms with Crippen LogP contribution in [0.25, 0.3) is 0 Å². The molecule has 0 saturated carbocycles. The van der Waals surface area contributed by atoms with E-state index in [0.717, 1.165) is 19.5 Å². The van der Waals surface area contributed by atoms with Crippen LogP contribution in [0.5, 0.6) is 0 Å². The van der Waals surface area contributed by atoms with Crippen molar-refractivity contribution in [3.63, 3.8) is 0 Å². The van der Waals surface area contributed by atoms with Crippen molar-refractivity contribution in [1.82, 2.24) is 15.8 Å². The summed E-state index contributed by atoms with van der Waals surface area (Å²) in [5.41, 5.74) is 2.70. The first kappa shape index (κ1) is 10.2. The lowest BCUT2D eigenvalue weighted by atomic mass is 10.4. The van der Waals surface area contributed by atoms with Crippen LogP contribution in [0.1, 0.15) is 20.3 Å². The molecule has 0 aromatic carbocycles. The Labute approximate surface area is 67.9 Å². The highest BCUT2D eigenvalue weighted by atomic mass is 16.2. The van der Waals surface area contributed by atoms with E-state index in [-0.39, 0.29) is 6.03 Å². The van der Waals surface area contributed by atoms with Gasteiger partial charge in [0, 0.05) is 20.1 Å². The second kappa shape index (κ2) is 5.97. The lowest BCUT2D eigenvalue weighted by Crippen LogP contribution is -2.46. The normalized spacial score (nSPS) is 9.82. The number of hydrazine groups is 1. The summed E-state index contributed by atoms with van der Waals surface area (Å²) in [4.78, 5) is 10.8. The third kappa shape index (κ3) is 4.61. The van der Waals surface area contributed by atoms with E-state index in [1.165, 1.54) is 0 Å². The molecule has 0 aromatic rings. The number of nitrogens with one attached hydrogen (secondary N) is 2. The molecular formula is C7H17N3O. The minimum Gasteiger partial charge on any atom is -0.340 e. The number of hydrogen-bond acceptors (Lipinski definition) is 2. The van der Waals surface area contributed by atoms with Crippen LogP contribution < -0.4 is 10.7 Å². The van der Waals surface area contributed by atoms with Crippen LogP contribution in [0.2, 0.25) is 0 Å². The van der Waals surface area contributed by atoms with Gasteiger partial charge in [0.05, 0.1) is 0 Å². The van der Waals surface area contributed by atoms with Gasteiger partial charge >= 0.3 is 6.03 Å². The van der Waals surface area contributed by atoms with Crippen LogP contribution in [0.4, 0.5) is 4.79 Å². The van der Waals surface area contributed by atoms with Crippen molar-refractivity contribution >= 4 is 6.03 Å². The monoisotopic (exact) mass is 159 g/mol. The summed E-state index contributed by atoms with van der Waals surface area (Å²) in [7, 11) is 1.61. The van der Waals surface area contributed by atoms with Gasteiger partial charge in [-0.15, -0.1) is 0 Å². The third-order valence-corrected chi connectivity index (χ3v) is 1.36. The summed E-state index contributed by atoms with van der Waals surface area (Å²) in [5, 5.41) is 4.37. The number of nitrogens with zero attached hydrogens (tertiary/aromatic N) is 1. The van der Waals surface area contributed by atoms with E-state index < -0.39 is 0 Å². The van der Waals surface area contributed by atoms with Gasteiger partial charge in [-0.05, 0) is 6.42 Å². The Hall–Kier alpha value is -0.770. The summed E-state index contributed by atoms with van der Waals surface area (Å²) in [6.45, 7) is 5.81. The molecule has 0 aliphatic rings. The maximum absolute atomic E-state index is 10.8. The van der Waals surface area contributed by atoms with Gasteiger partial charge in [-0.2, -0.15) is 0 Å². The summed E-state index contributed by atoms with van der Waals surface area (Å²) >= 11 is 0. The molecule has 11 heavy (non-hydrogen) atoms. The van der Waals surface area contributed by atoms with E-state index in [1.807, 2.05) is 11.9 Å². The Morgan fingerprint density at radius 3 is 2.45 bits per heavy atom. The maximum atomic E-state index is 10.8. The molecule has 66 valence electrons. The van der Waals surface area contributed by atoms with Gasteiger partial charge in [-0.1, -0.05) is 13.8 Å². The zero-order chi connectivity index (χ0) is 8.69. The van der Waals surface area contributed by atoms with E-state index in [0.29, 0.717) is 0 Å². The first-order chi connectivity index (χ1) is 5.24. The SMILES string of the molecule is CCCN(CC)NC(=O)NC. The first-order valence-electron chi connectivity index (χ1n) is 3.97. The van der Waals surface area contributed by atoms with E-state index in [4.69, 9.17) is 0 Å². The van der Waals surface area contributed by atoms with Gasteiger partial charge in [-0.25, -0.2) is 9.80 Å². The molecule has 4 heteroatoms. The molecular weight excluding hydrogens is 142 g/mol. The molecule has 0 saturated heterocycles. The van der Waals surface area contributed by atoms with E-state index in [2.05, 4.69) is 17.7 Å². The van der Waals surface area contributed by atoms with Gasteiger partial charge in [0.1, 0.15) is 0 Å². The second-order valence-corrected chi connectivity index (χ2v) is 2.27.